The van der Waals surface area contributed by atoms with Crippen LogP contribution in [0.2, 0.25) is 0 Å². The molecule has 3 heterocycles. The van der Waals surface area contributed by atoms with Gasteiger partial charge in [0.2, 0.25) is 0 Å². The van der Waals surface area contributed by atoms with Gasteiger partial charge in [0.1, 0.15) is 0 Å². The predicted octanol–water partition coefficient (Wildman–Crippen LogP) is 23.6. The highest BCUT2D eigenvalue weighted by Crippen LogP contribution is 2.70. The average Bonchev–Trinajstić information content (AvgIpc) is 1.52. The molecule has 0 amide bonds. The minimum absolute atomic E-state index is 0.298. The number of hydrogen-bond donors (Lipinski definition) is 0. The summed E-state index contributed by atoms with van der Waals surface area (Å²) in [6.07, 6.45) is 0. The first-order chi connectivity index (χ1) is 54.1. The van der Waals surface area contributed by atoms with Gasteiger partial charge < -0.3 is 14.4 Å². The lowest BCUT2D eigenvalue weighted by Crippen LogP contribution is -2.62. The fourth-order valence-corrected chi connectivity index (χ4v) is 22.8. The molecule has 17 aromatic carbocycles. The molecule has 0 atom stereocenters. The third-order valence-corrected chi connectivity index (χ3v) is 26.6. The Morgan fingerprint density at radius 3 is 0.917 bits per heavy atom. The number of fused-ring (bicyclic) bond motifs is 39. The Morgan fingerprint density at radius 1 is 0.211 bits per heavy atom. The molecule has 0 saturated carbocycles. The summed E-state index contributed by atoms with van der Waals surface area (Å²) in [4.78, 5) is 5.57. The Balaban J connectivity index is 0.865. The lowest BCUT2D eigenvalue weighted by molar-refractivity contribution is 0.790. The fourth-order valence-electron chi connectivity index (χ4n) is 22.8. The molecule has 0 fully saturated rings. The second-order valence-corrected chi connectivity index (χ2v) is 31.0. The van der Waals surface area contributed by atoms with Gasteiger partial charge in [-0.15, -0.1) is 0 Å². The molecule has 0 radical (unpaired) electrons. The van der Waals surface area contributed by atoms with Crippen LogP contribution in [-0.4, -0.2) is 11.3 Å². The minimum atomic E-state index is -0.740. The quantitative estimate of drug-likeness (QED) is 0.163. The van der Waals surface area contributed by atoms with Gasteiger partial charge in [0, 0.05) is 56.0 Å². The largest absolute Gasteiger partial charge is 0.311 e. The third-order valence-electron chi connectivity index (χ3n) is 26.6. The fraction of sp³-hybridized carbons (Fsp3) is 0.0286. The normalized spacial score (nSPS) is 15.0. The van der Waals surface area contributed by atoms with Crippen molar-refractivity contribution in [3.8, 4) is 83.6 Å². The molecule has 3 spiro atoms. The molecule has 500 valence electrons. The summed E-state index contributed by atoms with van der Waals surface area (Å²) in [5.74, 6) is 0. The van der Waals surface area contributed by atoms with Crippen molar-refractivity contribution in [1.82, 2.24) is 4.57 Å². The molecule has 2 aliphatic heterocycles. The summed E-state index contributed by atoms with van der Waals surface area (Å²) in [5, 5.41) is 2.44. The standard InChI is InChI=1S/C105H62BN3/c1-2-26-63(27-3-1)64-50-52-65(53-51-64)108-96-61-67(107-94-48-24-13-37-78(94)79-38-14-25-49-95(79)107)62-97-100(96)106(92-58-56-80-75-35-11-22-46-89(75)104(98(80)101(92)108)85-42-18-7-30-70(85)71-31-8-19-43-86(71)104)93-59-57-81-76-36-12-23-47-90(76)105(87-44-20-9-32-72(87)73-33-10-21-45-88(73)105)99(81)102(93)109(97)66-54-55-77-74-34-6-17-41-84(74)103(91(77)60-66)82-39-15-4-28-68(82)69-29-5-16-40-83(69)103/h1-62H. The number of aromatic nitrogens is 1. The van der Waals surface area contributed by atoms with Crippen LogP contribution >= 0.6 is 0 Å². The van der Waals surface area contributed by atoms with Crippen LogP contribution in [-0.2, 0) is 16.2 Å². The smallest absolute Gasteiger partial charge is 0.252 e. The summed E-state index contributed by atoms with van der Waals surface area (Å²) in [6, 6.07) is 146. The van der Waals surface area contributed by atoms with E-state index in [0.29, 0.717) is 0 Å². The molecule has 6 aliphatic carbocycles. The Hall–Kier alpha value is -13.8. The highest BCUT2D eigenvalue weighted by Gasteiger charge is 2.60. The van der Waals surface area contributed by atoms with Gasteiger partial charge in [-0.05, 0) is 198 Å². The van der Waals surface area contributed by atoms with E-state index in [1.807, 2.05) is 0 Å². The van der Waals surface area contributed by atoms with Gasteiger partial charge in [-0.1, -0.05) is 328 Å². The van der Waals surface area contributed by atoms with Crippen LogP contribution < -0.4 is 26.2 Å². The van der Waals surface area contributed by atoms with Crippen molar-refractivity contribution in [2.45, 2.75) is 16.2 Å². The van der Waals surface area contributed by atoms with E-state index in [1.165, 1.54) is 183 Å². The van der Waals surface area contributed by atoms with Crippen molar-refractivity contribution in [2.24, 2.45) is 0 Å². The molecule has 26 rings (SSSR count). The van der Waals surface area contributed by atoms with Gasteiger partial charge in [0.15, 0.2) is 0 Å². The van der Waals surface area contributed by atoms with Crippen LogP contribution in [0.1, 0.15) is 66.8 Å². The molecule has 4 heteroatoms. The van der Waals surface area contributed by atoms with Crippen LogP contribution in [0.4, 0.5) is 34.1 Å². The second-order valence-electron chi connectivity index (χ2n) is 31.0. The molecule has 0 bridgehead atoms. The monoisotopic (exact) mass is 1380 g/mol. The summed E-state index contributed by atoms with van der Waals surface area (Å²) >= 11 is 0. The van der Waals surface area contributed by atoms with E-state index in [1.54, 1.807) is 0 Å². The maximum atomic E-state index is 2.82. The van der Waals surface area contributed by atoms with Crippen molar-refractivity contribution in [2.75, 3.05) is 9.80 Å². The Labute approximate surface area is 631 Å². The van der Waals surface area contributed by atoms with Crippen molar-refractivity contribution < 1.29 is 0 Å². The molecule has 1 aromatic heterocycles. The highest BCUT2D eigenvalue weighted by atomic mass is 15.2. The van der Waals surface area contributed by atoms with E-state index in [0.717, 1.165) is 39.5 Å². The average molecular weight is 1380 g/mol. The van der Waals surface area contributed by atoms with Gasteiger partial charge in [-0.3, -0.25) is 0 Å². The molecule has 109 heavy (non-hydrogen) atoms. The van der Waals surface area contributed by atoms with Crippen LogP contribution in [0, 0.1) is 0 Å². The molecule has 0 saturated heterocycles. The highest BCUT2D eigenvalue weighted by molar-refractivity contribution is 7.00. The lowest BCUT2D eigenvalue weighted by Gasteiger charge is -2.48. The Bertz CT molecular complexity index is 6910. The topological polar surface area (TPSA) is 11.4 Å². The number of hydrogen-bond acceptors (Lipinski definition) is 2. The molecule has 3 nitrogen and oxygen atoms in total. The first-order valence-corrected chi connectivity index (χ1v) is 38.4. The summed E-state index contributed by atoms with van der Waals surface area (Å²) < 4.78 is 2.59. The van der Waals surface area contributed by atoms with Crippen LogP contribution in [0.3, 0.4) is 0 Å². The van der Waals surface area contributed by atoms with Crippen molar-refractivity contribution >= 4 is 79.0 Å². The number of benzene rings is 17. The van der Waals surface area contributed by atoms with Gasteiger partial charge in [0.25, 0.3) is 6.71 Å². The summed E-state index contributed by atoms with van der Waals surface area (Å²) in [7, 11) is 0. The van der Waals surface area contributed by atoms with E-state index >= 15 is 0 Å². The minimum Gasteiger partial charge on any atom is -0.311 e. The van der Waals surface area contributed by atoms with Crippen LogP contribution in [0.25, 0.3) is 105 Å². The molecular formula is C105H62BN3. The SMILES string of the molecule is c1ccc(-c2ccc(N3c4cc(-n5c6ccccc6c6ccccc65)cc5c4B(c4ccc6c(c43)C3(c4ccccc4-c4ccccc43)c3ccccc3-6)c3ccc4c(c3N5c3ccc5c(c3)C3(c6ccccc6-c6ccccc63)c3ccccc3-5)C3(c5ccccc5-c5ccccc53)c3ccccc3-4)cc2)cc1. The van der Waals surface area contributed by atoms with Crippen molar-refractivity contribution in [3.63, 3.8) is 0 Å². The van der Waals surface area contributed by atoms with Gasteiger partial charge >= 0.3 is 0 Å². The number of anilines is 6. The zero-order valence-corrected chi connectivity index (χ0v) is 59.2. The maximum absolute atomic E-state index is 2.82. The first-order valence-electron chi connectivity index (χ1n) is 38.4. The van der Waals surface area contributed by atoms with Gasteiger partial charge in [-0.2, -0.15) is 0 Å². The molecular weight excluding hydrogens is 1310 g/mol. The molecule has 8 aliphatic rings. The Kier molecular flexibility index (Phi) is 11.2. The zero-order valence-electron chi connectivity index (χ0n) is 59.2. The van der Waals surface area contributed by atoms with E-state index in [2.05, 4.69) is 390 Å². The van der Waals surface area contributed by atoms with E-state index in [-0.39, 0.29) is 6.71 Å². The van der Waals surface area contributed by atoms with Crippen LogP contribution in [0.15, 0.2) is 376 Å². The number of rotatable bonds is 4. The van der Waals surface area contributed by atoms with E-state index in [4.69, 9.17) is 0 Å². The lowest BCUT2D eigenvalue weighted by atomic mass is 9.32. The summed E-state index contributed by atoms with van der Waals surface area (Å²) in [6.45, 7) is -0.298. The second kappa shape index (κ2) is 20.8. The first kappa shape index (κ1) is 58.5. The van der Waals surface area contributed by atoms with Crippen LogP contribution in [0.5, 0.6) is 0 Å². The molecule has 0 unspecified atom stereocenters. The van der Waals surface area contributed by atoms with E-state index in [9.17, 15) is 0 Å². The zero-order chi connectivity index (χ0) is 70.7. The van der Waals surface area contributed by atoms with Crippen molar-refractivity contribution in [3.05, 3.63) is 443 Å². The van der Waals surface area contributed by atoms with E-state index < -0.39 is 16.2 Å². The van der Waals surface area contributed by atoms with Gasteiger partial charge in [0.05, 0.1) is 33.0 Å². The van der Waals surface area contributed by atoms with Gasteiger partial charge in [-0.25, -0.2) is 0 Å². The predicted molar refractivity (Wildman–Crippen MR) is 449 cm³/mol. The maximum Gasteiger partial charge on any atom is 0.252 e. The third kappa shape index (κ3) is 6.92. The number of para-hydroxylation sites is 2. The molecule has 18 aromatic rings. The number of nitrogens with zero attached hydrogens (tertiary/aromatic N) is 3. The summed E-state index contributed by atoms with van der Waals surface area (Å²) in [5.41, 5.74) is 45.5. The van der Waals surface area contributed by atoms with Crippen molar-refractivity contribution in [1.29, 1.82) is 0 Å². The Morgan fingerprint density at radius 2 is 0.514 bits per heavy atom. The molecule has 0 N–H and O–H groups in total.